The van der Waals surface area contributed by atoms with E-state index in [0.717, 1.165) is 31.6 Å². The molecule has 2 heteroatoms. The van der Waals surface area contributed by atoms with Crippen LogP contribution in [0.5, 0.6) is 0 Å². The molecule has 0 aromatic carbocycles. The molecule has 0 rings (SSSR count). The molecule has 0 saturated heterocycles. The zero-order valence-electron chi connectivity index (χ0n) is 24.6. The minimum Gasteiger partial charge on any atom is -0.481 e. The first-order chi connectivity index (χ1) is 17.1. The summed E-state index contributed by atoms with van der Waals surface area (Å²) in [6, 6.07) is 0. The van der Waals surface area contributed by atoms with E-state index in [9.17, 15) is 9.90 Å². The Morgan fingerprint density at radius 2 is 0.771 bits per heavy atom. The van der Waals surface area contributed by atoms with E-state index in [0.29, 0.717) is 0 Å². The summed E-state index contributed by atoms with van der Waals surface area (Å²) >= 11 is 0. The molecule has 0 aliphatic heterocycles. The molecule has 1 N–H and O–H groups in total. The minimum atomic E-state index is -0.558. The van der Waals surface area contributed by atoms with Gasteiger partial charge in [0.25, 0.3) is 0 Å². The summed E-state index contributed by atoms with van der Waals surface area (Å²) in [5.41, 5.74) is 0. The van der Waals surface area contributed by atoms with Gasteiger partial charge in [0.15, 0.2) is 0 Å². The Balaban J connectivity index is 3.44. The first-order valence-corrected chi connectivity index (χ1v) is 16.3. The maximum atomic E-state index is 11.6. The first kappa shape index (κ1) is 34.5. The molecule has 210 valence electrons. The fourth-order valence-corrected chi connectivity index (χ4v) is 5.56. The Morgan fingerprint density at radius 3 is 1.09 bits per heavy atom. The van der Waals surface area contributed by atoms with E-state index in [1.807, 2.05) is 0 Å². The Labute approximate surface area is 221 Å². The molecule has 2 atom stereocenters. The Kier molecular flexibility index (Phi) is 27.6. The molecule has 0 heterocycles. The number of carbonyl (C=O) groups is 1. The van der Waals surface area contributed by atoms with E-state index in [1.54, 1.807) is 0 Å². The topological polar surface area (TPSA) is 37.3 Å². The van der Waals surface area contributed by atoms with Crippen molar-refractivity contribution in [3.63, 3.8) is 0 Å². The second kappa shape index (κ2) is 28.0. The zero-order chi connectivity index (χ0) is 25.8. The lowest BCUT2D eigenvalue weighted by Gasteiger charge is -2.12. The predicted octanol–water partition coefficient (Wildman–Crippen LogP) is 11.9. The van der Waals surface area contributed by atoms with Crippen LogP contribution in [0.1, 0.15) is 194 Å². The number of carboxylic acid groups (broad SMARTS) is 1. The summed E-state index contributed by atoms with van der Waals surface area (Å²) in [5.74, 6) is 0.264. The number of hydrogen-bond acceptors (Lipinski definition) is 1. The molecule has 0 aromatic rings. The first-order valence-electron chi connectivity index (χ1n) is 16.3. The molecular formula is C33H66O2. The van der Waals surface area contributed by atoms with Crippen molar-refractivity contribution < 1.29 is 9.90 Å². The molecule has 0 amide bonds. The van der Waals surface area contributed by atoms with Crippen LogP contribution in [0.3, 0.4) is 0 Å². The number of aliphatic carboxylic acids is 1. The largest absolute Gasteiger partial charge is 0.481 e. The molecule has 0 spiro atoms. The van der Waals surface area contributed by atoms with Crippen LogP contribution in [0.2, 0.25) is 0 Å². The highest BCUT2D eigenvalue weighted by atomic mass is 16.4. The quantitative estimate of drug-likeness (QED) is 0.105. The van der Waals surface area contributed by atoms with Crippen LogP contribution in [0, 0.1) is 11.8 Å². The van der Waals surface area contributed by atoms with E-state index in [2.05, 4.69) is 20.8 Å². The lowest BCUT2D eigenvalue weighted by atomic mass is 9.94. The van der Waals surface area contributed by atoms with Crippen LogP contribution in [-0.4, -0.2) is 11.1 Å². The van der Waals surface area contributed by atoms with Crippen LogP contribution in [0.25, 0.3) is 0 Å². The van der Waals surface area contributed by atoms with E-state index in [1.165, 1.54) is 148 Å². The molecule has 35 heavy (non-hydrogen) atoms. The van der Waals surface area contributed by atoms with Crippen LogP contribution < -0.4 is 0 Å². The third-order valence-electron chi connectivity index (χ3n) is 8.04. The molecule has 0 fully saturated rings. The summed E-state index contributed by atoms with van der Waals surface area (Å²) in [7, 11) is 0. The molecule has 0 bridgehead atoms. The standard InChI is InChI=1S/C33H66O2/c1-4-6-7-8-9-10-11-12-16-19-22-25-29-32(33(34)35)30-26-23-20-17-14-13-15-18-21-24-28-31(3)27-5-2/h31-32H,4-30H2,1-3H3,(H,34,35). The van der Waals surface area contributed by atoms with Gasteiger partial charge in [0.05, 0.1) is 5.92 Å². The number of hydrogen-bond donors (Lipinski definition) is 1. The van der Waals surface area contributed by atoms with Gasteiger partial charge in [-0.15, -0.1) is 0 Å². The van der Waals surface area contributed by atoms with Gasteiger partial charge in [-0.3, -0.25) is 4.79 Å². The third kappa shape index (κ3) is 26.3. The van der Waals surface area contributed by atoms with Crippen molar-refractivity contribution in [1.82, 2.24) is 0 Å². The highest BCUT2D eigenvalue weighted by Crippen LogP contribution is 2.21. The second-order valence-electron chi connectivity index (χ2n) is 11.7. The van der Waals surface area contributed by atoms with Crippen molar-refractivity contribution in [3.05, 3.63) is 0 Å². The van der Waals surface area contributed by atoms with Gasteiger partial charge in [0.2, 0.25) is 0 Å². The van der Waals surface area contributed by atoms with E-state index < -0.39 is 5.97 Å². The highest BCUT2D eigenvalue weighted by Gasteiger charge is 2.16. The maximum Gasteiger partial charge on any atom is 0.306 e. The Hall–Kier alpha value is -0.530. The average Bonchev–Trinajstić information content (AvgIpc) is 2.84. The number of carboxylic acids is 1. The van der Waals surface area contributed by atoms with Gasteiger partial charge in [0.1, 0.15) is 0 Å². The van der Waals surface area contributed by atoms with Gasteiger partial charge in [-0.2, -0.15) is 0 Å². The van der Waals surface area contributed by atoms with Gasteiger partial charge < -0.3 is 5.11 Å². The molecular weight excluding hydrogens is 428 g/mol. The molecule has 0 aromatic heterocycles. The van der Waals surface area contributed by atoms with Crippen LogP contribution in [0.15, 0.2) is 0 Å². The molecule has 0 saturated carbocycles. The third-order valence-corrected chi connectivity index (χ3v) is 8.04. The van der Waals surface area contributed by atoms with Crippen molar-refractivity contribution >= 4 is 5.97 Å². The minimum absolute atomic E-state index is 0.0989. The van der Waals surface area contributed by atoms with Gasteiger partial charge in [0, 0.05) is 0 Å². The Morgan fingerprint density at radius 1 is 0.457 bits per heavy atom. The summed E-state index contributed by atoms with van der Waals surface area (Å²) in [4.78, 5) is 11.6. The van der Waals surface area contributed by atoms with E-state index in [4.69, 9.17) is 0 Å². The van der Waals surface area contributed by atoms with Crippen molar-refractivity contribution in [3.8, 4) is 0 Å². The normalized spacial score (nSPS) is 13.2. The fraction of sp³-hybridized carbons (Fsp3) is 0.970. The lowest BCUT2D eigenvalue weighted by molar-refractivity contribution is -0.142. The zero-order valence-corrected chi connectivity index (χ0v) is 24.6. The van der Waals surface area contributed by atoms with Crippen LogP contribution >= 0.6 is 0 Å². The summed E-state index contributed by atoms with van der Waals surface area (Å²) in [5, 5.41) is 9.57. The van der Waals surface area contributed by atoms with E-state index >= 15 is 0 Å². The SMILES string of the molecule is CCCCCCCCCCCCCCC(CCCCCCCCCCCCC(C)CCC)C(=O)O. The average molecular weight is 495 g/mol. The Bertz CT molecular complexity index is 419. The fourth-order valence-electron chi connectivity index (χ4n) is 5.56. The lowest BCUT2D eigenvalue weighted by Crippen LogP contribution is -2.13. The van der Waals surface area contributed by atoms with Crippen molar-refractivity contribution in [2.75, 3.05) is 0 Å². The van der Waals surface area contributed by atoms with Gasteiger partial charge >= 0.3 is 5.97 Å². The summed E-state index contributed by atoms with van der Waals surface area (Å²) in [6.45, 7) is 6.97. The van der Waals surface area contributed by atoms with Gasteiger partial charge in [-0.05, 0) is 18.8 Å². The molecule has 0 aliphatic rings. The van der Waals surface area contributed by atoms with Gasteiger partial charge in [-0.1, -0.05) is 181 Å². The van der Waals surface area contributed by atoms with Crippen LogP contribution in [-0.2, 0) is 4.79 Å². The summed E-state index contributed by atoms with van der Waals surface area (Å²) in [6.07, 6.45) is 35.4. The van der Waals surface area contributed by atoms with Gasteiger partial charge in [-0.25, -0.2) is 0 Å². The van der Waals surface area contributed by atoms with Crippen LogP contribution in [0.4, 0.5) is 0 Å². The molecule has 2 nitrogen and oxygen atoms in total. The maximum absolute atomic E-state index is 11.6. The molecule has 0 aliphatic carbocycles. The molecule has 2 unspecified atom stereocenters. The van der Waals surface area contributed by atoms with Crippen molar-refractivity contribution in [2.45, 2.75) is 194 Å². The highest BCUT2D eigenvalue weighted by molar-refractivity contribution is 5.69. The molecule has 0 radical (unpaired) electrons. The number of unbranched alkanes of at least 4 members (excludes halogenated alkanes) is 20. The smallest absolute Gasteiger partial charge is 0.306 e. The van der Waals surface area contributed by atoms with Crippen molar-refractivity contribution in [1.29, 1.82) is 0 Å². The van der Waals surface area contributed by atoms with E-state index in [-0.39, 0.29) is 5.92 Å². The predicted molar refractivity (Wildman–Crippen MR) is 156 cm³/mol. The monoisotopic (exact) mass is 495 g/mol. The van der Waals surface area contributed by atoms with Crippen molar-refractivity contribution in [2.24, 2.45) is 11.8 Å². The summed E-state index contributed by atoms with van der Waals surface area (Å²) < 4.78 is 0. The number of rotatable bonds is 29. The second-order valence-corrected chi connectivity index (χ2v) is 11.7.